The minimum atomic E-state index is -1.13. The molecule has 17 heavy (non-hydrogen) atoms. The van der Waals surface area contributed by atoms with Gasteiger partial charge >= 0.3 is 5.97 Å². The molecule has 0 aromatic carbocycles. The Hall–Kier alpha value is -1.85. The third kappa shape index (κ3) is 2.83. The summed E-state index contributed by atoms with van der Waals surface area (Å²) in [4.78, 5) is 28.1. The van der Waals surface area contributed by atoms with Gasteiger partial charge in [0.25, 0.3) is 0 Å². The lowest BCUT2D eigenvalue weighted by atomic mass is 10.2. The number of carbonyl (C=O) groups excluding carboxylic acids is 1. The molecule has 0 bridgehead atoms. The third-order valence-electron chi connectivity index (χ3n) is 2.38. The topological polar surface area (TPSA) is 82.0 Å². The van der Waals surface area contributed by atoms with Crippen LogP contribution in [-0.4, -0.2) is 40.8 Å². The number of hydrogen-bond donors (Lipinski definition) is 2. The summed E-state index contributed by atoms with van der Waals surface area (Å²) < 4.78 is 0. The van der Waals surface area contributed by atoms with E-state index < -0.39 is 5.97 Å². The molecule has 0 saturated carbocycles. The second kappa shape index (κ2) is 5.47. The molecular formula is C11H17N3O3. The number of amidine groups is 1. The molecule has 0 aromatic rings. The van der Waals surface area contributed by atoms with Crippen LogP contribution in [0.25, 0.3) is 0 Å². The summed E-state index contributed by atoms with van der Waals surface area (Å²) in [5, 5.41) is 12.1. The number of nitrogens with zero attached hydrogens (tertiary/aromatic N) is 2. The van der Waals surface area contributed by atoms with Crippen molar-refractivity contribution in [3.8, 4) is 0 Å². The summed E-state index contributed by atoms with van der Waals surface area (Å²) in [6.45, 7) is 5.89. The minimum absolute atomic E-state index is 0.0430. The number of carbonyl (C=O) groups is 2. The van der Waals surface area contributed by atoms with Gasteiger partial charge in [-0.2, -0.15) is 0 Å². The lowest BCUT2D eigenvalue weighted by Crippen LogP contribution is -2.48. The number of carboxylic acids is 1. The summed E-state index contributed by atoms with van der Waals surface area (Å²) in [7, 11) is 0. The Bertz CT molecular complexity index is 399. The van der Waals surface area contributed by atoms with E-state index in [-0.39, 0.29) is 11.6 Å². The quantitative estimate of drug-likeness (QED) is 0.754. The molecule has 0 fully saturated rings. The van der Waals surface area contributed by atoms with Crippen molar-refractivity contribution < 1.29 is 14.7 Å². The molecule has 1 heterocycles. The number of aliphatic carboxylic acids is 1. The lowest BCUT2D eigenvalue weighted by molar-refractivity contribution is -0.137. The van der Waals surface area contributed by atoms with E-state index in [2.05, 4.69) is 10.3 Å². The number of rotatable bonds is 3. The average Bonchev–Trinajstić information content (AvgIpc) is 2.26. The fourth-order valence-electron chi connectivity index (χ4n) is 1.63. The third-order valence-corrected chi connectivity index (χ3v) is 2.38. The molecule has 6 heteroatoms. The van der Waals surface area contributed by atoms with Gasteiger partial charge in [-0.15, -0.1) is 0 Å². The lowest BCUT2D eigenvalue weighted by Gasteiger charge is -2.30. The summed E-state index contributed by atoms with van der Waals surface area (Å²) >= 11 is 0. The Morgan fingerprint density at radius 3 is 2.65 bits per heavy atom. The van der Waals surface area contributed by atoms with Crippen molar-refractivity contribution in [2.24, 2.45) is 4.99 Å². The Morgan fingerprint density at radius 2 is 2.18 bits per heavy atom. The molecule has 1 rings (SSSR count). The molecule has 0 spiro atoms. The largest absolute Gasteiger partial charge is 0.477 e. The molecule has 1 aliphatic heterocycles. The average molecular weight is 239 g/mol. The van der Waals surface area contributed by atoms with Crippen molar-refractivity contribution in [2.75, 3.05) is 13.1 Å². The van der Waals surface area contributed by atoms with Crippen LogP contribution >= 0.6 is 0 Å². The number of amides is 1. The van der Waals surface area contributed by atoms with Gasteiger partial charge in [-0.05, 0) is 13.3 Å². The van der Waals surface area contributed by atoms with Crippen molar-refractivity contribution in [2.45, 2.75) is 27.2 Å². The normalized spacial score (nSPS) is 18.3. The Balaban J connectivity index is 3.16. The van der Waals surface area contributed by atoms with Crippen molar-refractivity contribution >= 4 is 17.7 Å². The fraction of sp³-hybridized carbons (Fsp3) is 0.545. The van der Waals surface area contributed by atoms with E-state index in [1.165, 1.54) is 11.8 Å². The van der Waals surface area contributed by atoms with Crippen LogP contribution in [0.4, 0.5) is 0 Å². The predicted octanol–water partition coefficient (Wildman–Crippen LogP) is 0.563. The highest BCUT2D eigenvalue weighted by Crippen LogP contribution is 2.15. The molecule has 0 saturated heterocycles. The second-order valence-electron chi connectivity index (χ2n) is 3.78. The molecule has 1 amide bonds. The van der Waals surface area contributed by atoms with Crippen molar-refractivity contribution in [1.82, 2.24) is 10.2 Å². The van der Waals surface area contributed by atoms with E-state index in [4.69, 9.17) is 5.11 Å². The SMILES string of the molecule is CCCN=C1CNC(C)=C(C(=O)O)N1C(C)=O. The number of nitrogens with one attached hydrogen (secondary N) is 1. The molecule has 0 aliphatic carbocycles. The first-order valence-corrected chi connectivity index (χ1v) is 5.51. The van der Waals surface area contributed by atoms with E-state index in [0.717, 1.165) is 6.42 Å². The fourth-order valence-corrected chi connectivity index (χ4v) is 1.63. The molecule has 2 N–H and O–H groups in total. The van der Waals surface area contributed by atoms with Crippen molar-refractivity contribution in [3.05, 3.63) is 11.4 Å². The van der Waals surface area contributed by atoms with E-state index in [9.17, 15) is 9.59 Å². The number of aliphatic imine (C=N–C) groups is 1. The van der Waals surface area contributed by atoms with Gasteiger partial charge in [0.15, 0.2) is 5.70 Å². The second-order valence-corrected chi connectivity index (χ2v) is 3.78. The molecular weight excluding hydrogens is 222 g/mol. The first-order chi connectivity index (χ1) is 7.99. The smallest absolute Gasteiger partial charge is 0.354 e. The Labute approximate surface area is 100 Å². The van der Waals surface area contributed by atoms with E-state index >= 15 is 0 Å². The maximum absolute atomic E-state index is 11.6. The van der Waals surface area contributed by atoms with E-state index in [1.807, 2.05) is 6.92 Å². The van der Waals surface area contributed by atoms with Crippen LogP contribution in [0.5, 0.6) is 0 Å². The predicted molar refractivity (Wildman–Crippen MR) is 63.5 cm³/mol. The number of allylic oxidation sites excluding steroid dienone is 1. The van der Waals surface area contributed by atoms with Gasteiger partial charge < -0.3 is 10.4 Å². The molecule has 1 aliphatic rings. The van der Waals surface area contributed by atoms with Crippen LogP contribution in [0, 0.1) is 0 Å². The van der Waals surface area contributed by atoms with E-state index in [0.29, 0.717) is 24.6 Å². The Morgan fingerprint density at radius 1 is 1.53 bits per heavy atom. The van der Waals surface area contributed by atoms with Gasteiger partial charge in [0, 0.05) is 19.2 Å². The molecule has 0 unspecified atom stereocenters. The molecule has 94 valence electrons. The Kier molecular flexibility index (Phi) is 4.25. The maximum Gasteiger partial charge on any atom is 0.354 e. The van der Waals surface area contributed by atoms with Gasteiger partial charge in [-0.3, -0.25) is 14.7 Å². The standard InChI is InChI=1S/C11H17N3O3/c1-4-5-12-9-6-13-7(2)10(11(16)17)14(9)8(3)15/h13H,4-6H2,1-3H3,(H,16,17). The van der Waals surface area contributed by atoms with Crippen molar-refractivity contribution in [3.63, 3.8) is 0 Å². The molecule has 0 radical (unpaired) electrons. The highest BCUT2D eigenvalue weighted by atomic mass is 16.4. The molecule has 0 aromatic heterocycles. The molecule has 0 atom stereocenters. The first-order valence-electron chi connectivity index (χ1n) is 5.51. The van der Waals surface area contributed by atoms with Crippen LogP contribution < -0.4 is 5.32 Å². The van der Waals surface area contributed by atoms with E-state index in [1.54, 1.807) is 6.92 Å². The zero-order valence-corrected chi connectivity index (χ0v) is 10.3. The van der Waals surface area contributed by atoms with Crippen LogP contribution in [0.2, 0.25) is 0 Å². The molecule has 6 nitrogen and oxygen atoms in total. The van der Waals surface area contributed by atoms with Crippen LogP contribution in [0.3, 0.4) is 0 Å². The summed E-state index contributed by atoms with van der Waals surface area (Å²) in [6.07, 6.45) is 0.848. The van der Waals surface area contributed by atoms with Gasteiger partial charge in [0.05, 0.1) is 6.54 Å². The van der Waals surface area contributed by atoms with Crippen molar-refractivity contribution in [1.29, 1.82) is 0 Å². The maximum atomic E-state index is 11.6. The zero-order valence-electron chi connectivity index (χ0n) is 10.3. The van der Waals surface area contributed by atoms with Gasteiger partial charge in [-0.25, -0.2) is 4.79 Å². The van der Waals surface area contributed by atoms with Crippen LogP contribution in [0.15, 0.2) is 16.4 Å². The number of hydrogen-bond acceptors (Lipinski definition) is 4. The first kappa shape index (κ1) is 13.2. The monoisotopic (exact) mass is 239 g/mol. The van der Waals surface area contributed by atoms with Gasteiger partial charge in [-0.1, -0.05) is 6.92 Å². The highest BCUT2D eigenvalue weighted by Gasteiger charge is 2.30. The highest BCUT2D eigenvalue weighted by molar-refractivity contribution is 6.07. The van der Waals surface area contributed by atoms with Crippen LogP contribution in [0.1, 0.15) is 27.2 Å². The summed E-state index contributed by atoms with van der Waals surface area (Å²) in [5.41, 5.74) is 0.432. The zero-order chi connectivity index (χ0) is 13.0. The van der Waals surface area contributed by atoms with Gasteiger partial charge in [0.2, 0.25) is 5.91 Å². The van der Waals surface area contributed by atoms with Crippen LogP contribution in [-0.2, 0) is 9.59 Å². The number of carboxylic acid groups (broad SMARTS) is 1. The minimum Gasteiger partial charge on any atom is -0.477 e. The van der Waals surface area contributed by atoms with Gasteiger partial charge in [0.1, 0.15) is 5.84 Å². The summed E-state index contributed by atoms with van der Waals surface area (Å²) in [6, 6.07) is 0. The summed E-state index contributed by atoms with van der Waals surface area (Å²) in [5.74, 6) is -1.01.